The Morgan fingerprint density at radius 2 is 2.13 bits per heavy atom. The second-order valence-corrected chi connectivity index (χ2v) is 5.06. The van der Waals surface area contributed by atoms with Crippen LogP contribution in [0.5, 0.6) is 0 Å². The van der Waals surface area contributed by atoms with Gasteiger partial charge in [-0.05, 0) is 43.9 Å². The van der Waals surface area contributed by atoms with Crippen LogP contribution in [0.3, 0.4) is 0 Å². The Balaban J connectivity index is 2.04. The number of nitrogens with zero attached hydrogens (tertiary/aromatic N) is 1. The third kappa shape index (κ3) is 2.60. The van der Waals surface area contributed by atoms with Gasteiger partial charge in [0.25, 0.3) is 0 Å². The number of rotatable bonds is 2. The Labute approximate surface area is 93.1 Å². The molecule has 1 fully saturated rings. The van der Waals surface area contributed by atoms with Crippen molar-refractivity contribution >= 4 is 0 Å². The van der Waals surface area contributed by atoms with Gasteiger partial charge in [-0.3, -0.25) is 4.90 Å². The predicted octanol–water partition coefficient (Wildman–Crippen LogP) is 3.15. The van der Waals surface area contributed by atoms with Crippen LogP contribution in [-0.4, -0.2) is 18.0 Å². The number of hydrogen-bond acceptors (Lipinski definition) is 1. The van der Waals surface area contributed by atoms with Crippen LogP contribution >= 0.6 is 0 Å². The summed E-state index contributed by atoms with van der Waals surface area (Å²) < 4.78 is 0. The van der Waals surface area contributed by atoms with Gasteiger partial charge in [0.1, 0.15) is 0 Å². The maximum absolute atomic E-state index is 2.57. The summed E-state index contributed by atoms with van der Waals surface area (Å²) >= 11 is 0. The molecule has 82 valence electrons. The Morgan fingerprint density at radius 3 is 2.73 bits per heavy atom. The van der Waals surface area contributed by atoms with E-state index in [9.17, 15) is 0 Å². The average molecular weight is 203 g/mol. The average Bonchev–Trinajstić information content (AvgIpc) is 2.56. The zero-order chi connectivity index (χ0) is 10.8. The molecular weight excluding hydrogens is 182 g/mol. The number of benzene rings is 1. The van der Waals surface area contributed by atoms with E-state index in [0.29, 0.717) is 0 Å². The van der Waals surface area contributed by atoms with Crippen molar-refractivity contribution in [1.29, 1.82) is 0 Å². The van der Waals surface area contributed by atoms with Crippen LogP contribution in [0, 0.1) is 19.8 Å². The molecule has 0 saturated carbocycles. The van der Waals surface area contributed by atoms with Crippen LogP contribution in [0.4, 0.5) is 0 Å². The lowest BCUT2D eigenvalue weighted by Gasteiger charge is -2.17. The largest absolute Gasteiger partial charge is 0.299 e. The molecule has 2 rings (SSSR count). The summed E-state index contributed by atoms with van der Waals surface area (Å²) in [6, 6.07) is 6.80. The number of hydrogen-bond donors (Lipinski definition) is 0. The van der Waals surface area contributed by atoms with Crippen LogP contribution in [0.2, 0.25) is 0 Å². The number of aryl methyl sites for hydroxylation is 2. The first-order chi connectivity index (χ1) is 7.15. The third-order valence-electron chi connectivity index (χ3n) is 3.40. The smallest absolute Gasteiger partial charge is 0.0236 e. The fraction of sp³-hybridized carbons (Fsp3) is 0.571. The standard InChI is InChI=1S/C14H21N/c1-11-4-5-14(13(3)8-11)10-15-7-6-12(2)9-15/h4-5,8,12H,6-7,9-10H2,1-3H3. The molecule has 1 unspecified atom stereocenters. The van der Waals surface area contributed by atoms with Gasteiger partial charge in [0.2, 0.25) is 0 Å². The molecule has 1 heteroatoms. The molecule has 0 spiro atoms. The van der Waals surface area contributed by atoms with E-state index in [1.807, 2.05) is 0 Å². The topological polar surface area (TPSA) is 3.24 Å². The van der Waals surface area contributed by atoms with Crippen molar-refractivity contribution in [2.75, 3.05) is 13.1 Å². The Bertz CT molecular complexity index is 343. The van der Waals surface area contributed by atoms with E-state index in [1.54, 1.807) is 0 Å². The fourth-order valence-corrected chi connectivity index (χ4v) is 2.43. The van der Waals surface area contributed by atoms with Gasteiger partial charge in [-0.15, -0.1) is 0 Å². The maximum Gasteiger partial charge on any atom is 0.0236 e. The SMILES string of the molecule is Cc1ccc(CN2CCC(C)C2)c(C)c1. The normalized spacial score (nSPS) is 22.2. The van der Waals surface area contributed by atoms with Crippen LogP contribution in [0.15, 0.2) is 18.2 Å². The molecule has 15 heavy (non-hydrogen) atoms. The van der Waals surface area contributed by atoms with E-state index in [4.69, 9.17) is 0 Å². The summed E-state index contributed by atoms with van der Waals surface area (Å²) in [6.07, 6.45) is 1.37. The van der Waals surface area contributed by atoms with E-state index >= 15 is 0 Å². The predicted molar refractivity (Wildman–Crippen MR) is 65.0 cm³/mol. The summed E-state index contributed by atoms with van der Waals surface area (Å²) in [6.45, 7) is 10.4. The highest BCUT2D eigenvalue weighted by atomic mass is 15.1. The molecule has 0 N–H and O–H groups in total. The van der Waals surface area contributed by atoms with Gasteiger partial charge in [-0.1, -0.05) is 30.7 Å². The quantitative estimate of drug-likeness (QED) is 0.713. The summed E-state index contributed by atoms with van der Waals surface area (Å²) in [4.78, 5) is 2.57. The van der Waals surface area contributed by atoms with E-state index in [0.717, 1.165) is 12.5 Å². The van der Waals surface area contributed by atoms with Crippen molar-refractivity contribution in [1.82, 2.24) is 4.90 Å². The van der Waals surface area contributed by atoms with E-state index in [2.05, 4.69) is 43.9 Å². The van der Waals surface area contributed by atoms with Crippen molar-refractivity contribution in [3.63, 3.8) is 0 Å². The van der Waals surface area contributed by atoms with Crippen molar-refractivity contribution in [3.8, 4) is 0 Å². The summed E-state index contributed by atoms with van der Waals surface area (Å²) in [7, 11) is 0. The molecule has 0 radical (unpaired) electrons. The highest BCUT2D eigenvalue weighted by Crippen LogP contribution is 2.19. The molecule has 1 aromatic carbocycles. The number of likely N-dealkylation sites (tertiary alicyclic amines) is 1. The third-order valence-corrected chi connectivity index (χ3v) is 3.40. The molecule has 1 saturated heterocycles. The second-order valence-electron chi connectivity index (χ2n) is 5.06. The van der Waals surface area contributed by atoms with Gasteiger partial charge in [0, 0.05) is 13.1 Å². The summed E-state index contributed by atoms with van der Waals surface area (Å²) in [5, 5.41) is 0. The first-order valence-electron chi connectivity index (χ1n) is 5.93. The summed E-state index contributed by atoms with van der Waals surface area (Å²) in [5.41, 5.74) is 4.30. The van der Waals surface area contributed by atoms with Crippen molar-refractivity contribution in [2.24, 2.45) is 5.92 Å². The Morgan fingerprint density at radius 1 is 1.33 bits per heavy atom. The first kappa shape index (κ1) is 10.7. The van der Waals surface area contributed by atoms with E-state index < -0.39 is 0 Å². The molecule has 1 atom stereocenters. The minimum Gasteiger partial charge on any atom is -0.299 e. The van der Waals surface area contributed by atoms with Crippen LogP contribution in [0.1, 0.15) is 30.0 Å². The minimum absolute atomic E-state index is 0.885. The van der Waals surface area contributed by atoms with E-state index in [1.165, 1.54) is 36.2 Å². The molecule has 1 aliphatic rings. The molecule has 1 nitrogen and oxygen atoms in total. The zero-order valence-electron chi connectivity index (χ0n) is 10.1. The van der Waals surface area contributed by atoms with Crippen LogP contribution in [-0.2, 0) is 6.54 Å². The molecule has 1 heterocycles. The molecule has 1 aromatic rings. The molecular formula is C14H21N. The summed E-state index contributed by atoms with van der Waals surface area (Å²) in [5.74, 6) is 0.885. The van der Waals surface area contributed by atoms with Gasteiger partial charge in [-0.25, -0.2) is 0 Å². The van der Waals surface area contributed by atoms with Gasteiger partial charge in [-0.2, -0.15) is 0 Å². The monoisotopic (exact) mass is 203 g/mol. The molecule has 0 amide bonds. The Hall–Kier alpha value is -0.820. The zero-order valence-corrected chi connectivity index (χ0v) is 10.1. The van der Waals surface area contributed by atoms with Crippen LogP contribution < -0.4 is 0 Å². The molecule has 0 aliphatic carbocycles. The van der Waals surface area contributed by atoms with Crippen LogP contribution in [0.25, 0.3) is 0 Å². The lowest BCUT2D eigenvalue weighted by Crippen LogP contribution is -2.20. The van der Waals surface area contributed by atoms with Crippen molar-refractivity contribution < 1.29 is 0 Å². The second kappa shape index (κ2) is 4.36. The lowest BCUT2D eigenvalue weighted by atomic mass is 10.1. The minimum atomic E-state index is 0.885. The van der Waals surface area contributed by atoms with Gasteiger partial charge in [0.15, 0.2) is 0 Å². The van der Waals surface area contributed by atoms with Gasteiger partial charge in [0.05, 0.1) is 0 Å². The maximum atomic E-state index is 2.57. The van der Waals surface area contributed by atoms with Crippen molar-refractivity contribution in [3.05, 3.63) is 34.9 Å². The highest BCUT2D eigenvalue weighted by Gasteiger charge is 2.18. The fourth-order valence-electron chi connectivity index (χ4n) is 2.43. The molecule has 0 aromatic heterocycles. The highest BCUT2D eigenvalue weighted by molar-refractivity contribution is 5.30. The first-order valence-corrected chi connectivity index (χ1v) is 5.93. The van der Waals surface area contributed by atoms with Gasteiger partial charge < -0.3 is 0 Å². The van der Waals surface area contributed by atoms with Crippen molar-refractivity contribution in [2.45, 2.75) is 33.7 Å². The van der Waals surface area contributed by atoms with Gasteiger partial charge >= 0.3 is 0 Å². The molecule has 1 aliphatic heterocycles. The molecule has 0 bridgehead atoms. The van der Waals surface area contributed by atoms with E-state index in [-0.39, 0.29) is 0 Å². The lowest BCUT2D eigenvalue weighted by molar-refractivity contribution is 0.319. The Kier molecular flexibility index (Phi) is 3.11.